The topological polar surface area (TPSA) is 35.6 Å². The number of hydrogen-bond donors (Lipinski definition) is 1. The lowest BCUT2D eigenvalue weighted by Crippen LogP contribution is -2.43. The summed E-state index contributed by atoms with van der Waals surface area (Å²) in [5.74, 6) is 0.247. The maximum Gasteiger partial charge on any atom is 0.240 e. The molecule has 1 amide bonds. The summed E-state index contributed by atoms with van der Waals surface area (Å²) in [7, 11) is 1.94. The van der Waals surface area contributed by atoms with Crippen LogP contribution in [0.4, 0.5) is 0 Å². The Labute approximate surface area is 129 Å². The molecule has 1 saturated heterocycles. The van der Waals surface area contributed by atoms with Crippen LogP contribution in [0.2, 0.25) is 0 Å². The number of nitrogens with zero attached hydrogens (tertiary/aromatic N) is 2. The fourth-order valence-electron chi connectivity index (χ4n) is 3.26. The molecule has 1 heterocycles. The van der Waals surface area contributed by atoms with Gasteiger partial charge in [0.05, 0.1) is 6.54 Å². The van der Waals surface area contributed by atoms with Gasteiger partial charge in [-0.2, -0.15) is 0 Å². The zero-order valence-corrected chi connectivity index (χ0v) is 13.7. The molecule has 0 bridgehead atoms. The SMILES string of the molecule is CCCCN(CC(=O)N(C)C1=CCCC1)CC1CCCN1. The predicted octanol–water partition coefficient (Wildman–Crippen LogP) is 2.37. The van der Waals surface area contributed by atoms with Crippen LogP contribution in [0.3, 0.4) is 0 Å². The van der Waals surface area contributed by atoms with Gasteiger partial charge in [-0.25, -0.2) is 0 Å². The number of rotatable bonds is 8. The zero-order chi connectivity index (χ0) is 15.1. The van der Waals surface area contributed by atoms with Crippen molar-refractivity contribution in [1.82, 2.24) is 15.1 Å². The summed E-state index contributed by atoms with van der Waals surface area (Å²) < 4.78 is 0. The molecule has 2 aliphatic rings. The van der Waals surface area contributed by atoms with E-state index in [9.17, 15) is 4.79 Å². The molecule has 1 fully saturated rings. The van der Waals surface area contributed by atoms with Gasteiger partial charge in [0.25, 0.3) is 0 Å². The molecule has 120 valence electrons. The molecule has 1 N–H and O–H groups in total. The lowest BCUT2D eigenvalue weighted by molar-refractivity contribution is -0.129. The van der Waals surface area contributed by atoms with Crippen molar-refractivity contribution < 1.29 is 4.79 Å². The first-order valence-electron chi connectivity index (χ1n) is 8.62. The smallest absolute Gasteiger partial charge is 0.240 e. The minimum absolute atomic E-state index is 0.247. The Morgan fingerprint density at radius 3 is 2.90 bits per heavy atom. The van der Waals surface area contributed by atoms with E-state index in [-0.39, 0.29) is 5.91 Å². The third kappa shape index (κ3) is 5.11. The van der Waals surface area contributed by atoms with E-state index in [4.69, 9.17) is 0 Å². The number of amides is 1. The Bertz CT molecular complexity index is 361. The van der Waals surface area contributed by atoms with Gasteiger partial charge in [0.2, 0.25) is 5.91 Å². The second-order valence-corrected chi connectivity index (χ2v) is 6.42. The Morgan fingerprint density at radius 1 is 1.43 bits per heavy atom. The van der Waals surface area contributed by atoms with Gasteiger partial charge in [0, 0.05) is 25.3 Å². The van der Waals surface area contributed by atoms with Crippen molar-refractivity contribution in [3.05, 3.63) is 11.8 Å². The molecule has 0 radical (unpaired) electrons. The number of carbonyl (C=O) groups excluding carboxylic acids is 1. The summed E-state index contributed by atoms with van der Waals surface area (Å²) in [6.45, 7) is 5.95. The lowest BCUT2D eigenvalue weighted by Gasteiger charge is -2.27. The maximum atomic E-state index is 12.5. The average molecular weight is 293 g/mol. The number of carbonyl (C=O) groups is 1. The normalized spacial score (nSPS) is 21.9. The van der Waals surface area contributed by atoms with E-state index in [2.05, 4.69) is 23.2 Å². The Balaban J connectivity index is 1.84. The van der Waals surface area contributed by atoms with Gasteiger partial charge in [-0.3, -0.25) is 9.69 Å². The molecule has 4 nitrogen and oxygen atoms in total. The summed E-state index contributed by atoms with van der Waals surface area (Å²) in [6, 6.07) is 0.575. The third-order valence-electron chi connectivity index (χ3n) is 4.65. The fourth-order valence-corrected chi connectivity index (χ4v) is 3.26. The second kappa shape index (κ2) is 8.54. The van der Waals surface area contributed by atoms with Crippen molar-refractivity contribution in [2.45, 2.75) is 57.9 Å². The standard InChI is InChI=1S/C17H31N3O/c1-3-4-12-20(13-15-8-7-11-18-15)14-17(21)19(2)16-9-5-6-10-16/h9,15,18H,3-8,10-14H2,1-2H3. The van der Waals surface area contributed by atoms with Crippen LogP contribution in [0, 0.1) is 0 Å². The highest BCUT2D eigenvalue weighted by Gasteiger charge is 2.22. The summed E-state index contributed by atoms with van der Waals surface area (Å²) in [5.41, 5.74) is 1.22. The van der Waals surface area contributed by atoms with E-state index in [1.54, 1.807) is 0 Å². The highest BCUT2D eigenvalue weighted by atomic mass is 16.2. The number of hydrogen-bond acceptors (Lipinski definition) is 3. The van der Waals surface area contributed by atoms with Crippen molar-refractivity contribution in [1.29, 1.82) is 0 Å². The van der Waals surface area contributed by atoms with Crippen LogP contribution in [-0.4, -0.2) is 55.0 Å². The van der Waals surface area contributed by atoms with E-state index < -0.39 is 0 Å². The van der Waals surface area contributed by atoms with Crippen LogP contribution >= 0.6 is 0 Å². The Kier molecular flexibility index (Phi) is 6.71. The molecule has 0 aromatic carbocycles. The molecule has 0 saturated carbocycles. The van der Waals surface area contributed by atoms with Gasteiger partial charge in [-0.15, -0.1) is 0 Å². The molecule has 2 rings (SSSR count). The van der Waals surface area contributed by atoms with Crippen LogP contribution in [-0.2, 0) is 4.79 Å². The molecule has 21 heavy (non-hydrogen) atoms. The van der Waals surface area contributed by atoms with Crippen molar-refractivity contribution in [2.24, 2.45) is 0 Å². The zero-order valence-electron chi connectivity index (χ0n) is 13.7. The number of nitrogens with one attached hydrogen (secondary N) is 1. The number of unbranched alkanes of at least 4 members (excludes halogenated alkanes) is 1. The first-order chi connectivity index (χ1) is 10.2. The molecular weight excluding hydrogens is 262 g/mol. The molecule has 0 spiro atoms. The maximum absolute atomic E-state index is 12.5. The van der Waals surface area contributed by atoms with E-state index in [0.29, 0.717) is 12.6 Å². The van der Waals surface area contributed by atoms with Gasteiger partial charge < -0.3 is 10.2 Å². The average Bonchev–Trinajstić information content (AvgIpc) is 3.16. The highest BCUT2D eigenvalue weighted by Crippen LogP contribution is 2.20. The molecule has 1 aliphatic heterocycles. The summed E-state index contributed by atoms with van der Waals surface area (Å²) in [6.07, 6.45) is 10.5. The quantitative estimate of drug-likeness (QED) is 0.746. The molecule has 1 atom stereocenters. The minimum Gasteiger partial charge on any atom is -0.318 e. The summed E-state index contributed by atoms with van der Waals surface area (Å²) >= 11 is 0. The first kappa shape index (κ1) is 16.5. The summed E-state index contributed by atoms with van der Waals surface area (Å²) in [4.78, 5) is 16.7. The second-order valence-electron chi connectivity index (χ2n) is 6.42. The van der Waals surface area contributed by atoms with E-state index >= 15 is 0 Å². The monoisotopic (exact) mass is 293 g/mol. The molecular formula is C17H31N3O. The highest BCUT2D eigenvalue weighted by molar-refractivity contribution is 5.79. The van der Waals surface area contributed by atoms with Crippen LogP contribution in [0.15, 0.2) is 11.8 Å². The molecule has 0 aromatic rings. The molecule has 1 aliphatic carbocycles. The molecule has 1 unspecified atom stereocenters. The van der Waals surface area contributed by atoms with Gasteiger partial charge in [-0.05, 0) is 51.6 Å². The Morgan fingerprint density at radius 2 is 2.29 bits per heavy atom. The third-order valence-corrected chi connectivity index (χ3v) is 4.65. The Hall–Kier alpha value is -0.870. The van der Waals surface area contributed by atoms with Crippen molar-refractivity contribution in [3.8, 4) is 0 Å². The molecule has 4 heteroatoms. The number of allylic oxidation sites excluding steroid dienone is 2. The van der Waals surface area contributed by atoms with Gasteiger partial charge in [-0.1, -0.05) is 19.4 Å². The van der Waals surface area contributed by atoms with Crippen molar-refractivity contribution in [2.75, 3.05) is 33.2 Å². The van der Waals surface area contributed by atoms with E-state index in [1.165, 1.54) is 37.8 Å². The number of likely N-dealkylation sites (N-methyl/N-ethyl adjacent to an activating group) is 1. The fraction of sp³-hybridized carbons (Fsp3) is 0.824. The molecule has 0 aromatic heterocycles. The van der Waals surface area contributed by atoms with E-state index in [1.807, 2.05) is 11.9 Å². The van der Waals surface area contributed by atoms with Crippen LogP contribution < -0.4 is 5.32 Å². The van der Waals surface area contributed by atoms with Crippen LogP contribution in [0.25, 0.3) is 0 Å². The predicted molar refractivity (Wildman–Crippen MR) is 87.1 cm³/mol. The van der Waals surface area contributed by atoms with Crippen LogP contribution in [0.1, 0.15) is 51.9 Å². The van der Waals surface area contributed by atoms with Gasteiger partial charge in [0.15, 0.2) is 0 Å². The largest absolute Gasteiger partial charge is 0.318 e. The van der Waals surface area contributed by atoms with E-state index in [0.717, 1.165) is 32.5 Å². The lowest BCUT2D eigenvalue weighted by atomic mass is 10.2. The van der Waals surface area contributed by atoms with Gasteiger partial charge in [0.1, 0.15) is 0 Å². The summed E-state index contributed by atoms with van der Waals surface area (Å²) in [5, 5.41) is 3.54. The van der Waals surface area contributed by atoms with Crippen LogP contribution in [0.5, 0.6) is 0 Å². The first-order valence-corrected chi connectivity index (χ1v) is 8.62. The van der Waals surface area contributed by atoms with Gasteiger partial charge >= 0.3 is 0 Å². The van der Waals surface area contributed by atoms with Crippen molar-refractivity contribution in [3.63, 3.8) is 0 Å². The minimum atomic E-state index is 0.247. The van der Waals surface area contributed by atoms with Crippen molar-refractivity contribution >= 4 is 5.91 Å².